The Hall–Kier alpha value is -1.42. The number of carbonyl (C=O) groups excluding carboxylic acids is 1. The zero-order valence-corrected chi connectivity index (χ0v) is 12.2. The van der Waals surface area contributed by atoms with Gasteiger partial charge in [0, 0.05) is 11.5 Å². The number of halogens is 2. The zero-order valence-electron chi connectivity index (χ0n) is 11.5. The van der Waals surface area contributed by atoms with Gasteiger partial charge >= 0.3 is 0 Å². The van der Waals surface area contributed by atoms with Gasteiger partial charge in [-0.1, -0.05) is 30.9 Å². The smallest absolute Gasteiger partial charge is 0.243 e. The van der Waals surface area contributed by atoms with Crippen molar-refractivity contribution >= 4 is 23.2 Å². The summed E-state index contributed by atoms with van der Waals surface area (Å²) in [6, 6.07) is 4.12. The highest BCUT2D eigenvalue weighted by Crippen LogP contribution is 2.23. The minimum absolute atomic E-state index is 0.0396. The fraction of sp³-hybridized carbons (Fsp3) is 0.467. The molecule has 0 heterocycles. The van der Waals surface area contributed by atoms with Crippen LogP contribution in [-0.2, 0) is 4.79 Å². The molecule has 0 radical (unpaired) electrons. The Balaban J connectivity index is 2.01. The molecular weight excluding hydrogens is 279 g/mol. The van der Waals surface area contributed by atoms with Crippen molar-refractivity contribution < 1.29 is 9.18 Å². The van der Waals surface area contributed by atoms with E-state index < -0.39 is 5.82 Å². The number of benzene rings is 1. The topological polar surface area (TPSA) is 41.5 Å². The minimum atomic E-state index is -0.391. The van der Waals surface area contributed by atoms with E-state index in [0.29, 0.717) is 11.3 Å². The molecule has 108 valence electrons. The Morgan fingerprint density at radius 1 is 1.35 bits per heavy atom. The molecule has 0 aliphatic heterocycles. The summed E-state index contributed by atoms with van der Waals surface area (Å²) in [6.07, 6.45) is 5.27. The monoisotopic (exact) mass is 296 g/mol. The molecule has 2 rings (SSSR count). The van der Waals surface area contributed by atoms with Gasteiger partial charge < -0.3 is 0 Å². The number of nitrogens with zero attached hydrogens (tertiary/aromatic N) is 1. The van der Waals surface area contributed by atoms with Crippen LogP contribution in [0.2, 0.25) is 5.02 Å². The molecule has 1 saturated carbocycles. The maximum atomic E-state index is 13.0. The highest BCUT2D eigenvalue weighted by molar-refractivity contribution is 6.34. The summed E-state index contributed by atoms with van der Waals surface area (Å²) in [6.45, 7) is 1.74. The van der Waals surface area contributed by atoms with E-state index in [9.17, 15) is 9.18 Å². The van der Waals surface area contributed by atoms with Crippen molar-refractivity contribution in [1.82, 2.24) is 5.43 Å². The van der Waals surface area contributed by atoms with E-state index in [1.54, 1.807) is 13.0 Å². The second-order valence-electron chi connectivity index (χ2n) is 5.13. The van der Waals surface area contributed by atoms with Crippen LogP contribution >= 0.6 is 11.6 Å². The van der Waals surface area contributed by atoms with Crippen molar-refractivity contribution in [3.63, 3.8) is 0 Å². The third-order valence-corrected chi connectivity index (χ3v) is 3.94. The molecule has 0 spiro atoms. The first-order valence-corrected chi connectivity index (χ1v) is 7.25. The molecule has 1 fully saturated rings. The molecule has 1 N–H and O–H groups in total. The first-order valence-electron chi connectivity index (χ1n) is 6.87. The Morgan fingerprint density at radius 2 is 2.05 bits per heavy atom. The SMILES string of the molecule is C/C(=N/NC(=O)C1CCCCC1)c1ccc(F)cc1Cl. The average Bonchev–Trinajstić information content (AvgIpc) is 2.45. The van der Waals surface area contributed by atoms with Crippen molar-refractivity contribution in [2.24, 2.45) is 11.0 Å². The van der Waals surface area contributed by atoms with Crippen LogP contribution in [0.15, 0.2) is 23.3 Å². The molecule has 1 aromatic rings. The van der Waals surface area contributed by atoms with Gasteiger partial charge in [0.2, 0.25) is 5.91 Å². The van der Waals surface area contributed by atoms with Crippen molar-refractivity contribution in [2.75, 3.05) is 0 Å². The zero-order chi connectivity index (χ0) is 14.5. The van der Waals surface area contributed by atoms with Gasteiger partial charge in [-0.25, -0.2) is 9.82 Å². The molecule has 0 bridgehead atoms. The molecular formula is C15H18ClFN2O. The van der Waals surface area contributed by atoms with E-state index in [1.165, 1.54) is 18.6 Å². The fourth-order valence-corrected chi connectivity index (χ4v) is 2.74. The Labute approximate surface area is 123 Å². The Kier molecular flexibility index (Phi) is 5.12. The minimum Gasteiger partial charge on any atom is -0.273 e. The molecule has 1 aromatic carbocycles. The summed E-state index contributed by atoms with van der Waals surface area (Å²) < 4.78 is 13.0. The molecule has 0 aromatic heterocycles. The van der Waals surface area contributed by atoms with Gasteiger partial charge in [-0.3, -0.25) is 4.79 Å². The summed E-state index contributed by atoms with van der Waals surface area (Å²) >= 11 is 5.95. The lowest BCUT2D eigenvalue weighted by Gasteiger charge is -2.19. The van der Waals surface area contributed by atoms with Gasteiger partial charge in [-0.15, -0.1) is 0 Å². The van der Waals surface area contributed by atoms with Gasteiger partial charge in [-0.05, 0) is 38.0 Å². The van der Waals surface area contributed by atoms with Gasteiger partial charge in [0.05, 0.1) is 10.7 Å². The van der Waals surface area contributed by atoms with E-state index in [1.807, 2.05) is 0 Å². The predicted molar refractivity (Wildman–Crippen MR) is 78.3 cm³/mol. The maximum absolute atomic E-state index is 13.0. The molecule has 1 aliphatic rings. The molecule has 0 atom stereocenters. The van der Waals surface area contributed by atoms with Gasteiger partial charge in [0.15, 0.2) is 0 Å². The molecule has 1 aliphatic carbocycles. The quantitative estimate of drug-likeness (QED) is 0.667. The maximum Gasteiger partial charge on any atom is 0.243 e. The average molecular weight is 297 g/mol. The van der Waals surface area contributed by atoms with Crippen LogP contribution in [0.3, 0.4) is 0 Å². The second-order valence-corrected chi connectivity index (χ2v) is 5.54. The third-order valence-electron chi connectivity index (χ3n) is 3.63. The van der Waals surface area contributed by atoms with E-state index in [0.717, 1.165) is 25.7 Å². The van der Waals surface area contributed by atoms with E-state index in [4.69, 9.17) is 11.6 Å². The highest BCUT2D eigenvalue weighted by atomic mass is 35.5. The third kappa shape index (κ3) is 3.79. The fourth-order valence-electron chi connectivity index (χ4n) is 2.44. The first-order chi connectivity index (χ1) is 9.58. The van der Waals surface area contributed by atoms with Crippen LogP contribution in [0, 0.1) is 11.7 Å². The van der Waals surface area contributed by atoms with Crippen molar-refractivity contribution in [2.45, 2.75) is 39.0 Å². The predicted octanol–water partition coefficient (Wildman–Crippen LogP) is 3.90. The number of nitrogens with one attached hydrogen (secondary N) is 1. The number of hydrogen-bond donors (Lipinski definition) is 1. The number of hydrazone groups is 1. The van der Waals surface area contributed by atoms with E-state index in [-0.39, 0.29) is 16.8 Å². The van der Waals surface area contributed by atoms with Gasteiger partial charge in [-0.2, -0.15) is 5.10 Å². The summed E-state index contributed by atoms with van der Waals surface area (Å²) in [4.78, 5) is 12.0. The van der Waals surface area contributed by atoms with E-state index in [2.05, 4.69) is 10.5 Å². The molecule has 1 amide bonds. The lowest BCUT2D eigenvalue weighted by molar-refractivity contribution is -0.125. The van der Waals surface area contributed by atoms with Crippen LogP contribution in [0.1, 0.15) is 44.6 Å². The summed E-state index contributed by atoms with van der Waals surface area (Å²) in [7, 11) is 0. The summed E-state index contributed by atoms with van der Waals surface area (Å²) in [5.41, 5.74) is 3.78. The van der Waals surface area contributed by atoms with Gasteiger partial charge in [0.25, 0.3) is 0 Å². The number of rotatable bonds is 3. The number of carbonyl (C=O) groups is 1. The van der Waals surface area contributed by atoms with Gasteiger partial charge in [0.1, 0.15) is 5.82 Å². The number of hydrogen-bond acceptors (Lipinski definition) is 2. The molecule has 5 heteroatoms. The van der Waals surface area contributed by atoms with Crippen molar-refractivity contribution in [1.29, 1.82) is 0 Å². The Bertz CT molecular complexity index is 525. The van der Waals surface area contributed by atoms with Crippen LogP contribution in [-0.4, -0.2) is 11.6 Å². The lowest BCUT2D eigenvalue weighted by Crippen LogP contribution is -2.29. The van der Waals surface area contributed by atoms with Crippen LogP contribution in [0.4, 0.5) is 4.39 Å². The highest BCUT2D eigenvalue weighted by Gasteiger charge is 2.20. The normalized spacial score (nSPS) is 17.1. The summed E-state index contributed by atoms with van der Waals surface area (Å²) in [5.74, 6) is -0.371. The van der Waals surface area contributed by atoms with Crippen molar-refractivity contribution in [3.8, 4) is 0 Å². The molecule has 0 saturated heterocycles. The molecule has 20 heavy (non-hydrogen) atoms. The molecule has 0 unspecified atom stereocenters. The standard InChI is InChI=1S/C15H18ClFN2O/c1-10(13-8-7-12(17)9-14(13)16)18-19-15(20)11-5-3-2-4-6-11/h7-9,11H,2-6H2,1H3,(H,19,20)/b18-10-. The molecule has 3 nitrogen and oxygen atoms in total. The van der Waals surface area contributed by atoms with Crippen LogP contribution in [0.5, 0.6) is 0 Å². The largest absolute Gasteiger partial charge is 0.273 e. The van der Waals surface area contributed by atoms with Crippen LogP contribution < -0.4 is 5.43 Å². The van der Waals surface area contributed by atoms with Crippen LogP contribution in [0.25, 0.3) is 0 Å². The lowest BCUT2D eigenvalue weighted by atomic mass is 9.89. The Morgan fingerprint density at radius 3 is 2.70 bits per heavy atom. The van der Waals surface area contributed by atoms with E-state index >= 15 is 0 Å². The first kappa shape index (κ1) is 15.0. The van der Waals surface area contributed by atoms with Crippen molar-refractivity contribution in [3.05, 3.63) is 34.6 Å². The second kappa shape index (κ2) is 6.84. The number of amides is 1. The summed E-state index contributed by atoms with van der Waals surface area (Å²) in [5, 5.41) is 4.36.